The molecule has 3 aromatic rings. The van der Waals surface area contributed by atoms with Gasteiger partial charge < -0.3 is 20.1 Å². The van der Waals surface area contributed by atoms with Crippen LogP contribution in [0.15, 0.2) is 66.7 Å². The van der Waals surface area contributed by atoms with Crippen molar-refractivity contribution in [2.75, 3.05) is 10.6 Å². The Morgan fingerprint density at radius 1 is 1.10 bits per heavy atom. The van der Waals surface area contributed by atoms with Gasteiger partial charge in [0.1, 0.15) is 11.5 Å². The highest BCUT2D eigenvalue weighted by Gasteiger charge is 2.29. The lowest BCUT2D eigenvalue weighted by Gasteiger charge is -2.26. The Hall–Kier alpha value is -3.22. The molecule has 0 spiro atoms. The maximum Gasteiger partial charge on any atom is 0.270 e. The summed E-state index contributed by atoms with van der Waals surface area (Å²) in [6.45, 7) is 1.61. The monoisotopic (exact) mass is 456 g/mol. The van der Waals surface area contributed by atoms with Gasteiger partial charge in [-0.05, 0) is 43.3 Å². The molecule has 3 aromatic carbocycles. The summed E-state index contributed by atoms with van der Waals surface area (Å²) >= 11 is 12.0. The van der Waals surface area contributed by atoms with E-state index in [-0.39, 0.29) is 11.8 Å². The van der Waals surface area contributed by atoms with Crippen LogP contribution < -0.4 is 20.1 Å². The predicted molar refractivity (Wildman–Crippen MR) is 120 cm³/mol. The minimum absolute atomic E-state index is 0.281. The molecule has 2 unspecified atom stereocenters. The maximum atomic E-state index is 12.5. The van der Waals surface area contributed by atoms with Crippen LogP contribution in [0, 0.1) is 0 Å². The van der Waals surface area contributed by atoms with E-state index in [9.17, 15) is 9.59 Å². The number of halogens is 2. The van der Waals surface area contributed by atoms with Gasteiger partial charge in [-0.3, -0.25) is 9.59 Å². The number of carbonyl (C=O) groups excluding carboxylic acids is 2. The van der Waals surface area contributed by atoms with Crippen LogP contribution in [0.5, 0.6) is 11.5 Å². The van der Waals surface area contributed by atoms with Crippen molar-refractivity contribution in [2.45, 2.75) is 19.1 Å². The van der Waals surface area contributed by atoms with Gasteiger partial charge in [0.25, 0.3) is 11.8 Å². The molecule has 158 valence electrons. The van der Waals surface area contributed by atoms with Crippen LogP contribution >= 0.6 is 23.2 Å². The van der Waals surface area contributed by atoms with E-state index in [4.69, 9.17) is 32.7 Å². The third-order valence-corrected chi connectivity index (χ3v) is 5.19. The first-order valence-electron chi connectivity index (χ1n) is 9.50. The minimum Gasteiger partial charge on any atom is -0.479 e. The van der Waals surface area contributed by atoms with Crippen LogP contribution in [0.3, 0.4) is 0 Å². The van der Waals surface area contributed by atoms with Crippen LogP contribution in [-0.2, 0) is 9.59 Å². The molecule has 6 nitrogen and oxygen atoms in total. The second-order valence-corrected chi connectivity index (χ2v) is 7.78. The number of fused-ring (bicyclic) bond motifs is 1. The molecule has 2 N–H and O–H groups in total. The summed E-state index contributed by atoms with van der Waals surface area (Å²) in [4.78, 5) is 25.0. The van der Waals surface area contributed by atoms with Gasteiger partial charge in [0.05, 0.1) is 10.7 Å². The molecule has 8 heteroatoms. The van der Waals surface area contributed by atoms with E-state index in [1.807, 2.05) is 30.3 Å². The van der Waals surface area contributed by atoms with E-state index in [1.165, 1.54) is 6.07 Å². The first-order chi connectivity index (χ1) is 14.9. The minimum atomic E-state index is -0.817. The number of carbonyl (C=O) groups is 2. The highest BCUT2D eigenvalue weighted by molar-refractivity contribution is 6.35. The quantitative estimate of drug-likeness (QED) is 0.533. The fourth-order valence-electron chi connectivity index (χ4n) is 3.09. The highest BCUT2D eigenvalue weighted by atomic mass is 35.5. The zero-order valence-corrected chi connectivity index (χ0v) is 17.9. The van der Waals surface area contributed by atoms with E-state index < -0.39 is 12.2 Å². The Bertz CT molecular complexity index is 1140. The Balaban J connectivity index is 1.44. The van der Waals surface area contributed by atoms with E-state index in [0.29, 0.717) is 32.9 Å². The topological polar surface area (TPSA) is 76.7 Å². The molecule has 0 saturated heterocycles. The zero-order valence-electron chi connectivity index (χ0n) is 16.4. The molecule has 1 aliphatic rings. The second-order valence-electron chi connectivity index (χ2n) is 6.93. The Labute approximate surface area is 189 Å². The van der Waals surface area contributed by atoms with Crippen molar-refractivity contribution in [3.8, 4) is 11.5 Å². The van der Waals surface area contributed by atoms with Gasteiger partial charge in [-0.2, -0.15) is 0 Å². The van der Waals surface area contributed by atoms with E-state index >= 15 is 0 Å². The smallest absolute Gasteiger partial charge is 0.270 e. The fourth-order valence-corrected chi connectivity index (χ4v) is 3.55. The first-order valence-corrected chi connectivity index (χ1v) is 10.3. The van der Waals surface area contributed by atoms with E-state index in [0.717, 1.165) is 5.56 Å². The van der Waals surface area contributed by atoms with Crippen molar-refractivity contribution in [3.05, 3.63) is 82.3 Å². The lowest BCUT2D eigenvalue weighted by molar-refractivity contribution is -0.124. The lowest BCUT2D eigenvalue weighted by atomic mass is 10.1. The molecule has 2 amide bonds. The van der Waals surface area contributed by atoms with Crippen molar-refractivity contribution < 1.29 is 19.1 Å². The summed E-state index contributed by atoms with van der Waals surface area (Å²) in [5.74, 6) is 0.211. The van der Waals surface area contributed by atoms with Crippen molar-refractivity contribution in [3.63, 3.8) is 0 Å². The normalized spacial score (nSPS) is 15.8. The molecule has 1 aliphatic heterocycles. The van der Waals surface area contributed by atoms with Crippen molar-refractivity contribution in [2.24, 2.45) is 0 Å². The summed E-state index contributed by atoms with van der Waals surface area (Å²) in [7, 11) is 0. The first kappa shape index (κ1) is 21.0. The zero-order chi connectivity index (χ0) is 22.0. The standard InChI is InChI=1S/C23H18Cl2N2O4/c1-13(30-19-9-7-15(24)11-17(19)25)22(28)26-16-8-10-20-18(12-16)27-23(29)21(31-20)14-5-3-2-4-6-14/h2-13,21H,1H3,(H,26,28)(H,27,29). The Kier molecular flexibility index (Phi) is 6.02. The fraction of sp³-hybridized carbons (Fsp3) is 0.130. The van der Waals surface area contributed by atoms with E-state index in [2.05, 4.69) is 10.6 Å². The van der Waals surface area contributed by atoms with Crippen molar-refractivity contribution >= 4 is 46.4 Å². The van der Waals surface area contributed by atoms with Gasteiger partial charge in [0, 0.05) is 16.3 Å². The van der Waals surface area contributed by atoms with Crippen molar-refractivity contribution in [1.29, 1.82) is 0 Å². The Morgan fingerprint density at radius 3 is 2.61 bits per heavy atom. The summed E-state index contributed by atoms with van der Waals surface area (Å²) in [6, 6.07) is 19.0. The molecular weight excluding hydrogens is 439 g/mol. The second kappa shape index (κ2) is 8.88. The molecule has 0 bridgehead atoms. The number of hydrogen-bond donors (Lipinski definition) is 2. The summed E-state index contributed by atoms with van der Waals surface area (Å²) in [6.07, 6.45) is -1.55. The molecule has 4 rings (SSSR count). The molecule has 31 heavy (non-hydrogen) atoms. The van der Waals surface area contributed by atoms with Crippen LogP contribution in [0.25, 0.3) is 0 Å². The number of anilines is 2. The summed E-state index contributed by atoms with van der Waals surface area (Å²) in [5, 5.41) is 6.38. The van der Waals surface area contributed by atoms with Crippen LogP contribution in [0.4, 0.5) is 11.4 Å². The number of hydrogen-bond acceptors (Lipinski definition) is 4. The molecule has 0 fully saturated rings. The number of rotatable bonds is 5. The van der Waals surface area contributed by atoms with Crippen LogP contribution in [-0.4, -0.2) is 17.9 Å². The van der Waals surface area contributed by atoms with E-state index in [1.54, 1.807) is 37.3 Å². The molecule has 1 heterocycles. The summed E-state index contributed by atoms with van der Waals surface area (Å²) < 4.78 is 11.5. The number of benzene rings is 3. The largest absolute Gasteiger partial charge is 0.479 e. The number of ether oxygens (including phenoxy) is 2. The highest BCUT2D eigenvalue weighted by Crippen LogP contribution is 2.36. The average Bonchev–Trinajstić information content (AvgIpc) is 2.75. The Morgan fingerprint density at radius 2 is 1.87 bits per heavy atom. The molecule has 0 aliphatic carbocycles. The molecule has 0 saturated carbocycles. The van der Waals surface area contributed by atoms with Crippen LogP contribution in [0.1, 0.15) is 18.6 Å². The third-order valence-electron chi connectivity index (χ3n) is 4.66. The average molecular weight is 457 g/mol. The van der Waals surface area contributed by atoms with Gasteiger partial charge in [-0.25, -0.2) is 0 Å². The van der Waals surface area contributed by atoms with Crippen LogP contribution in [0.2, 0.25) is 10.0 Å². The summed E-state index contributed by atoms with van der Waals surface area (Å²) in [5.41, 5.74) is 1.72. The maximum absolute atomic E-state index is 12.5. The van der Waals surface area contributed by atoms with Gasteiger partial charge in [-0.15, -0.1) is 0 Å². The lowest BCUT2D eigenvalue weighted by Crippen LogP contribution is -2.31. The van der Waals surface area contributed by atoms with Crippen molar-refractivity contribution in [1.82, 2.24) is 0 Å². The molecular formula is C23H18Cl2N2O4. The van der Waals surface area contributed by atoms with Gasteiger partial charge in [0.2, 0.25) is 6.10 Å². The number of nitrogens with one attached hydrogen (secondary N) is 2. The van der Waals surface area contributed by atoms with Gasteiger partial charge in [-0.1, -0.05) is 53.5 Å². The molecule has 0 radical (unpaired) electrons. The predicted octanol–water partition coefficient (Wildman–Crippen LogP) is 5.47. The van der Waals surface area contributed by atoms with Gasteiger partial charge in [0.15, 0.2) is 6.10 Å². The van der Waals surface area contributed by atoms with Gasteiger partial charge >= 0.3 is 0 Å². The molecule has 2 atom stereocenters. The number of amides is 2. The SMILES string of the molecule is CC(Oc1ccc(Cl)cc1Cl)C(=O)Nc1ccc2c(c1)NC(=O)C(c1ccccc1)O2. The molecule has 0 aromatic heterocycles. The third kappa shape index (κ3) is 4.76.